The Bertz CT molecular complexity index is 1150. The zero-order chi connectivity index (χ0) is 22.8. The molecule has 0 aliphatic carbocycles. The second-order valence-electron chi connectivity index (χ2n) is 7.35. The van der Waals surface area contributed by atoms with Gasteiger partial charge in [-0.05, 0) is 32.9 Å². The van der Waals surface area contributed by atoms with Crippen LogP contribution in [0.15, 0.2) is 29.2 Å². The fraction of sp³-hybridized carbons (Fsp3) is 0.400. The average Bonchev–Trinajstić information content (AvgIpc) is 2.70. The van der Waals surface area contributed by atoms with Crippen LogP contribution in [-0.2, 0) is 0 Å². The zero-order valence-electron chi connectivity index (χ0n) is 17.5. The molecule has 0 fully saturated rings. The Labute approximate surface area is 181 Å². The summed E-state index contributed by atoms with van der Waals surface area (Å²) >= 11 is 0.990. The maximum Gasteiger partial charge on any atom is 0.278 e. The third-order valence-electron chi connectivity index (χ3n) is 4.44. The Morgan fingerprint density at radius 1 is 1.26 bits per heavy atom. The van der Waals surface area contributed by atoms with E-state index < -0.39 is 17.3 Å². The highest BCUT2D eigenvalue weighted by Gasteiger charge is 2.21. The SMILES string of the molecule is CNc1ncc2nc(-c3ccc(NSCCC(C)(F)F)c(F)c3)c(=O)n(C(C)C)c2n1. The van der Waals surface area contributed by atoms with Crippen molar-refractivity contribution in [3.63, 3.8) is 0 Å². The lowest BCUT2D eigenvalue weighted by Crippen LogP contribution is -2.26. The van der Waals surface area contributed by atoms with Gasteiger partial charge >= 0.3 is 0 Å². The van der Waals surface area contributed by atoms with E-state index in [1.165, 1.54) is 22.9 Å². The monoisotopic (exact) mass is 452 g/mol. The molecule has 1 aromatic carbocycles. The number of rotatable bonds is 8. The molecule has 0 amide bonds. The van der Waals surface area contributed by atoms with Crippen LogP contribution < -0.4 is 15.6 Å². The van der Waals surface area contributed by atoms with Gasteiger partial charge in [-0.3, -0.25) is 9.36 Å². The highest BCUT2D eigenvalue weighted by molar-refractivity contribution is 8.00. The topological polar surface area (TPSA) is 84.7 Å². The Kier molecular flexibility index (Phi) is 6.73. The molecule has 0 aliphatic rings. The molecule has 0 spiro atoms. The molecule has 0 aliphatic heterocycles. The molecule has 7 nitrogen and oxygen atoms in total. The summed E-state index contributed by atoms with van der Waals surface area (Å²) in [5, 5.41) is 2.83. The van der Waals surface area contributed by atoms with Gasteiger partial charge < -0.3 is 10.0 Å². The summed E-state index contributed by atoms with van der Waals surface area (Å²) in [5.74, 6) is -2.92. The van der Waals surface area contributed by atoms with Gasteiger partial charge in [-0.1, -0.05) is 18.0 Å². The number of alkyl halides is 2. The maximum atomic E-state index is 14.6. The lowest BCUT2D eigenvalue weighted by molar-refractivity contribution is 0.0194. The summed E-state index contributed by atoms with van der Waals surface area (Å²) in [6.07, 6.45) is 1.18. The number of halogens is 3. The fourth-order valence-electron chi connectivity index (χ4n) is 2.89. The van der Waals surface area contributed by atoms with Gasteiger partial charge in [-0.25, -0.2) is 23.1 Å². The normalized spacial score (nSPS) is 11.9. The first-order valence-corrected chi connectivity index (χ1v) is 10.6. The van der Waals surface area contributed by atoms with E-state index in [1.807, 2.05) is 13.8 Å². The van der Waals surface area contributed by atoms with Crippen molar-refractivity contribution in [2.75, 3.05) is 22.8 Å². The second-order valence-corrected chi connectivity index (χ2v) is 8.25. The minimum absolute atomic E-state index is 0.0748. The second kappa shape index (κ2) is 9.13. The van der Waals surface area contributed by atoms with Crippen LogP contribution in [0.25, 0.3) is 22.4 Å². The summed E-state index contributed by atoms with van der Waals surface area (Å²) in [6.45, 7) is 4.53. The molecule has 3 aromatic rings. The van der Waals surface area contributed by atoms with Crippen LogP contribution in [0.5, 0.6) is 0 Å². The number of fused-ring (bicyclic) bond motifs is 1. The number of anilines is 2. The smallest absolute Gasteiger partial charge is 0.278 e. The molecule has 166 valence electrons. The van der Waals surface area contributed by atoms with Gasteiger partial charge in [0.15, 0.2) is 5.65 Å². The van der Waals surface area contributed by atoms with Crippen LogP contribution in [0, 0.1) is 5.82 Å². The minimum atomic E-state index is -2.77. The lowest BCUT2D eigenvalue weighted by atomic mass is 10.1. The summed E-state index contributed by atoms with van der Waals surface area (Å²) in [6, 6.07) is 3.99. The van der Waals surface area contributed by atoms with E-state index >= 15 is 0 Å². The highest BCUT2D eigenvalue weighted by atomic mass is 32.2. The molecular formula is C20H23F3N6OS. The highest BCUT2D eigenvalue weighted by Crippen LogP contribution is 2.26. The molecule has 0 atom stereocenters. The van der Waals surface area contributed by atoms with Crippen molar-refractivity contribution < 1.29 is 13.2 Å². The molecule has 3 rings (SSSR count). The number of nitrogens with zero attached hydrogens (tertiary/aromatic N) is 4. The van der Waals surface area contributed by atoms with E-state index in [0.717, 1.165) is 18.9 Å². The van der Waals surface area contributed by atoms with Gasteiger partial charge in [-0.15, -0.1) is 0 Å². The van der Waals surface area contributed by atoms with Crippen molar-refractivity contribution >= 4 is 34.7 Å². The third kappa shape index (κ3) is 5.27. The van der Waals surface area contributed by atoms with Gasteiger partial charge in [0.1, 0.15) is 17.0 Å². The van der Waals surface area contributed by atoms with Gasteiger partial charge in [-0.2, -0.15) is 4.98 Å². The number of benzene rings is 1. The molecule has 0 radical (unpaired) electrons. The van der Waals surface area contributed by atoms with E-state index in [1.54, 1.807) is 13.1 Å². The number of aromatic nitrogens is 4. The zero-order valence-corrected chi connectivity index (χ0v) is 18.4. The first kappa shape index (κ1) is 22.9. The molecule has 0 bridgehead atoms. The molecule has 0 saturated carbocycles. The quantitative estimate of drug-likeness (QED) is 0.378. The van der Waals surface area contributed by atoms with E-state index in [9.17, 15) is 18.0 Å². The van der Waals surface area contributed by atoms with Crippen LogP contribution in [0.4, 0.5) is 24.8 Å². The van der Waals surface area contributed by atoms with Crippen molar-refractivity contribution in [1.82, 2.24) is 19.5 Å². The average molecular weight is 453 g/mol. The standard InChI is InChI=1S/C20H23F3N6OS/c1-11(2)29-17-15(10-25-19(24-4)27-17)26-16(18(29)30)12-5-6-14(13(21)9-12)28-31-8-7-20(3,22)23/h5-6,9-11,28H,7-8H2,1-4H3,(H,24,25,27). The molecule has 2 aromatic heterocycles. The van der Waals surface area contributed by atoms with Gasteiger partial charge in [0, 0.05) is 30.8 Å². The van der Waals surface area contributed by atoms with Crippen LogP contribution in [0.2, 0.25) is 0 Å². The molecular weight excluding hydrogens is 429 g/mol. The molecule has 2 N–H and O–H groups in total. The Morgan fingerprint density at radius 2 is 2.00 bits per heavy atom. The van der Waals surface area contributed by atoms with E-state index in [-0.39, 0.29) is 29.6 Å². The Balaban J connectivity index is 1.95. The predicted octanol–water partition coefficient (Wildman–Crippen LogP) is 4.72. The first-order chi connectivity index (χ1) is 14.6. The van der Waals surface area contributed by atoms with Crippen molar-refractivity contribution in [2.45, 2.75) is 39.2 Å². The maximum absolute atomic E-state index is 14.6. The van der Waals surface area contributed by atoms with Crippen molar-refractivity contribution in [1.29, 1.82) is 0 Å². The van der Waals surface area contributed by atoms with Crippen molar-refractivity contribution in [3.05, 3.63) is 40.6 Å². The Hall–Kier alpha value is -2.82. The molecule has 11 heteroatoms. The third-order valence-corrected chi connectivity index (χ3v) is 5.21. The summed E-state index contributed by atoms with van der Waals surface area (Å²) < 4.78 is 44.6. The van der Waals surface area contributed by atoms with Crippen LogP contribution in [0.1, 0.15) is 33.2 Å². The van der Waals surface area contributed by atoms with Crippen molar-refractivity contribution in [3.8, 4) is 11.3 Å². The predicted molar refractivity (Wildman–Crippen MR) is 118 cm³/mol. The van der Waals surface area contributed by atoms with Gasteiger partial charge in [0.2, 0.25) is 11.9 Å². The van der Waals surface area contributed by atoms with Crippen molar-refractivity contribution in [2.24, 2.45) is 0 Å². The summed E-state index contributed by atoms with van der Waals surface area (Å²) in [7, 11) is 1.67. The number of hydrogen-bond acceptors (Lipinski definition) is 7. The Morgan fingerprint density at radius 3 is 2.61 bits per heavy atom. The first-order valence-electron chi connectivity index (χ1n) is 9.63. The summed E-state index contributed by atoms with van der Waals surface area (Å²) in [5.41, 5.74) is 0.896. The van der Waals surface area contributed by atoms with E-state index in [4.69, 9.17) is 0 Å². The van der Waals surface area contributed by atoms with E-state index in [2.05, 4.69) is 25.0 Å². The van der Waals surface area contributed by atoms with Crippen LogP contribution in [-0.4, -0.2) is 38.2 Å². The molecule has 0 saturated heterocycles. The minimum Gasteiger partial charge on any atom is -0.357 e. The van der Waals surface area contributed by atoms with Crippen LogP contribution >= 0.6 is 11.9 Å². The fourth-order valence-corrected chi connectivity index (χ4v) is 3.78. The van der Waals surface area contributed by atoms with Gasteiger partial charge in [0.05, 0.1) is 11.9 Å². The number of nitrogens with one attached hydrogen (secondary N) is 2. The van der Waals surface area contributed by atoms with E-state index in [0.29, 0.717) is 22.7 Å². The molecule has 31 heavy (non-hydrogen) atoms. The summed E-state index contributed by atoms with van der Waals surface area (Å²) in [4.78, 5) is 26.0. The largest absolute Gasteiger partial charge is 0.357 e. The van der Waals surface area contributed by atoms with Crippen LogP contribution in [0.3, 0.4) is 0 Å². The molecule has 0 unspecified atom stereocenters. The molecule has 2 heterocycles. The lowest BCUT2D eigenvalue weighted by Gasteiger charge is -2.15. The van der Waals surface area contributed by atoms with Gasteiger partial charge in [0.25, 0.3) is 5.56 Å². The number of hydrogen-bond donors (Lipinski definition) is 2.